The molecule has 16 heavy (non-hydrogen) atoms. The second-order valence-corrected chi connectivity index (χ2v) is 5.37. The zero-order valence-corrected chi connectivity index (χ0v) is 9.85. The fraction of sp³-hybridized carbons (Fsp3) is 0.417. The molecule has 1 aliphatic carbocycles. The molecule has 3 rings (SSSR count). The Morgan fingerprint density at radius 2 is 2.06 bits per heavy atom. The van der Waals surface area contributed by atoms with Gasteiger partial charge in [-0.1, -0.05) is 11.6 Å². The van der Waals surface area contributed by atoms with Crippen LogP contribution in [0.25, 0.3) is 10.6 Å². The molecule has 3 nitrogen and oxygen atoms in total. The number of nitrogens with two attached hydrogens (primary N) is 1. The quantitative estimate of drug-likeness (QED) is 0.770. The molecule has 0 amide bonds. The molecule has 0 fully saturated rings. The molecule has 2 aromatic heterocycles. The Morgan fingerprint density at radius 1 is 1.19 bits per heavy atom. The third-order valence-corrected chi connectivity index (χ3v) is 4.29. The standard InChI is InChI=1S/C12H14N2OS/c13-12-7-9(14-15-12)11-6-8-4-2-1-3-5-10(8)16-11/h6-7H,1-5,13H2. The van der Waals surface area contributed by atoms with Gasteiger partial charge in [0.15, 0.2) is 0 Å². The van der Waals surface area contributed by atoms with Gasteiger partial charge in [0.1, 0.15) is 5.69 Å². The smallest absolute Gasteiger partial charge is 0.222 e. The first kappa shape index (κ1) is 9.90. The first-order valence-electron chi connectivity index (χ1n) is 5.67. The highest BCUT2D eigenvalue weighted by atomic mass is 32.1. The summed E-state index contributed by atoms with van der Waals surface area (Å²) in [6, 6.07) is 4.05. The Balaban J connectivity index is 1.98. The Kier molecular flexibility index (Phi) is 2.44. The summed E-state index contributed by atoms with van der Waals surface area (Å²) in [6.45, 7) is 0. The van der Waals surface area contributed by atoms with Gasteiger partial charge in [0.25, 0.3) is 0 Å². The molecule has 0 aliphatic heterocycles. The van der Waals surface area contributed by atoms with Gasteiger partial charge < -0.3 is 10.3 Å². The van der Waals surface area contributed by atoms with E-state index in [2.05, 4.69) is 11.2 Å². The number of fused-ring (bicyclic) bond motifs is 1. The van der Waals surface area contributed by atoms with Crippen molar-refractivity contribution in [1.82, 2.24) is 5.16 Å². The molecule has 0 atom stereocenters. The van der Waals surface area contributed by atoms with Gasteiger partial charge in [0.2, 0.25) is 5.88 Å². The highest BCUT2D eigenvalue weighted by Gasteiger charge is 2.15. The van der Waals surface area contributed by atoms with Crippen LogP contribution in [0.4, 0.5) is 5.88 Å². The van der Waals surface area contributed by atoms with Gasteiger partial charge in [-0.3, -0.25) is 0 Å². The van der Waals surface area contributed by atoms with Crippen molar-refractivity contribution in [2.75, 3.05) is 5.73 Å². The zero-order chi connectivity index (χ0) is 11.0. The van der Waals surface area contributed by atoms with Crippen molar-refractivity contribution in [2.45, 2.75) is 32.1 Å². The summed E-state index contributed by atoms with van der Waals surface area (Å²) < 4.78 is 4.91. The molecule has 2 aromatic rings. The second kappa shape index (κ2) is 3.94. The Bertz CT molecular complexity index is 477. The Labute approximate surface area is 98.3 Å². The molecule has 2 heterocycles. The van der Waals surface area contributed by atoms with Crippen LogP contribution in [0.2, 0.25) is 0 Å². The van der Waals surface area contributed by atoms with E-state index >= 15 is 0 Å². The number of thiophene rings is 1. The van der Waals surface area contributed by atoms with E-state index in [0.717, 1.165) is 5.69 Å². The number of aromatic nitrogens is 1. The van der Waals surface area contributed by atoms with E-state index in [1.807, 2.05) is 11.3 Å². The fourth-order valence-corrected chi connectivity index (χ4v) is 3.41. The normalized spacial score (nSPS) is 15.8. The van der Waals surface area contributed by atoms with Gasteiger partial charge in [-0.15, -0.1) is 11.3 Å². The number of rotatable bonds is 1. The van der Waals surface area contributed by atoms with Crippen molar-refractivity contribution in [2.24, 2.45) is 0 Å². The summed E-state index contributed by atoms with van der Waals surface area (Å²) in [4.78, 5) is 2.71. The van der Waals surface area contributed by atoms with E-state index in [0.29, 0.717) is 5.88 Å². The number of anilines is 1. The lowest BCUT2D eigenvalue weighted by molar-refractivity contribution is 0.439. The lowest BCUT2D eigenvalue weighted by Crippen LogP contribution is -1.80. The van der Waals surface area contributed by atoms with Crippen molar-refractivity contribution < 1.29 is 4.52 Å². The minimum Gasteiger partial charge on any atom is -0.368 e. The van der Waals surface area contributed by atoms with Crippen LogP contribution in [0.3, 0.4) is 0 Å². The van der Waals surface area contributed by atoms with Gasteiger partial charge in [-0.25, -0.2) is 0 Å². The summed E-state index contributed by atoms with van der Waals surface area (Å²) in [7, 11) is 0. The van der Waals surface area contributed by atoms with Crippen LogP contribution < -0.4 is 5.73 Å². The zero-order valence-electron chi connectivity index (χ0n) is 9.03. The maximum Gasteiger partial charge on any atom is 0.222 e. The molecule has 0 saturated heterocycles. The SMILES string of the molecule is Nc1cc(-c2cc3c(s2)CCCCC3)no1. The van der Waals surface area contributed by atoms with Crippen LogP contribution in [0.5, 0.6) is 0 Å². The third-order valence-electron chi connectivity index (χ3n) is 3.03. The van der Waals surface area contributed by atoms with Gasteiger partial charge in [-0.2, -0.15) is 0 Å². The first-order valence-corrected chi connectivity index (χ1v) is 6.49. The number of nitrogen functional groups attached to an aromatic ring is 1. The average Bonchev–Trinajstić information content (AvgIpc) is 2.81. The van der Waals surface area contributed by atoms with Crippen molar-refractivity contribution in [1.29, 1.82) is 0 Å². The summed E-state index contributed by atoms with van der Waals surface area (Å²) in [5.74, 6) is 0.388. The molecule has 4 heteroatoms. The van der Waals surface area contributed by atoms with E-state index in [9.17, 15) is 0 Å². The third kappa shape index (κ3) is 1.73. The maximum atomic E-state index is 5.54. The summed E-state index contributed by atoms with van der Waals surface area (Å²) in [5, 5.41) is 3.96. The number of hydrogen-bond acceptors (Lipinski definition) is 4. The molecule has 0 bridgehead atoms. The average molecular weight is 234 g/mol. The van der Waals surface area contributed by atoms with E-state index < -0.39 is 0 Å². The maximum absolute atomic E-state index is 5.54. The molecule has 84 valence electrons. The minimum atomic E-state index is 0.388. The second-order valence-electron chi connectivity index (χ2n) is 4.23. The molecule has 2 N–H and O–H groups in total. The van der Waals surface area contributed by atoms with Gasteiger partial charge in [-0.05, 0) is 37.3 Å². The molecule has 0 spiro atoms. The molecule has 0 saturated carbocycles. The fourth-order valence-electron chi connectivity index (χ4n) is 2.20. The molecule has 0 radical (unpaired) electrons. The number of nitrogens with zero attached hydrogens (tertiary/aromatic N) is 1. The monoisotopic (exact) mass is 234 g/mol. The largest absolute Gasteiger partial charge is 0.368 e. The number of aryl methyl sites for hydroxylation is 2. The van der Waals surface area contributed by atoms with Crippen LogP contribution in [0.15, 0.2) is 16.7 Å². The summed E-state index contributed by atoms with van der Waals surface area (Å²) in [6.07, 6.45) is 6.40. The summed E-state index contributed by atoms with van der Waals surface area (Å²) >= 11 is 1.84. The lowest BCUT2D eigenvalue weighted by atomic mass is 10.1. The Morgan fingerprint density at radius 3 is 2.88 bits per heavy atom. The van der Waals surface area contributed by atoms with E-state index in [1.54, 1.807) is 6.07 Å². The van der Waals surface area contributed by atoms with Crippen LogP contribution >= 0.6 is 11.3 Å². The van der Waals surface area contributed by atoms with Crippen LogP contribution in [-0.4, -0.2) is 5.16 Å². The van der Waals surface area contributed by atoms with E-state index in [-0.39, 0.29) is 0 Å². The minimum absolute atomic E-state index is 0.388. The molecular weight excluding hydrogens is 220 g/mol. The molecular formula is C12H14N2OS. The van der Waals surface area contributed by atoms with Gasteiger partial charge >= 0.3 is 0 Å². The van der Waals surface area contributed by atoms with Gasteiger partial charge in [0.05, 0.1) is 4.88 Å². The van der Waals surface area contributed by atoms with Crippen molar-refractivity contribution in [3.8, 4) is 10.6 Å². The topological polar surface area (TPSA) is 52.0 Å². The van der Waals surface area contributed by atoms with E-state index in [1.165, 1.54) is 47.4 Å². The van der Waals surface area contributed by atoms with Crippen LogP contribution in [-0.2, 0) is 12.8 Å². The Hall–Kier alpha value is -1.29. The van der Waals surface area contributed by atoms with Crippen molar-refractivity contribution >= 4 is 17.2 Å². The van der Waals surface area contributed by atoms with Gasteiger partial charge in [0, 0.05) is 10.9 Å². The van der Waals surface area contributed by atoms with E-state index in [4.69, 9.17) is 10.3 Å². The van der Waals surface area contributed by atoms with Crippen molar-refractivity contribution in [3.05, 3.63) is 22.6 Å². The predicted octanol–water partition coefficient (Wildman–Crippen LogP) is 3.25. The first-order chi connectivity index (χ1) is 7.83. The van der Waals surface area contributed by atoms with Crippen LogP contribution in [0.1, 0.15) is 29.7 Å². The summed E-state index contributed by atoms with van der Waals surface area (Å²) in [5.41, 5.74) is 7.91. The molecule has 1 aliphatic rings. The highest BCUT2D eigenvalue weighted by Crippen LogP contribution is 2.35. The highest BCUT2D eigenvalue weighted by molar-refractivity contribution is 7.15. The number of hydrogen-bond donors (Lipinski definition) is 1. The molecule has 0 aromatic carbocycles. The molecule has 0 unspecified atom stereocenters. The van der Waals surface area contributed by atoms with Crippen molar-refractivity contribution in [3.63, 3.8) is 0 Å². The van der Waals surface area contributed by atoms with Crippen LogP contribution in [0, 0.1) is 0 Å². The predicted molar refractivity (Wildman–Crippen MR) is 65.5 cm³/mol. The lowest BCUT2D eigenvalue weighted by Gasteiger charge is -1.92.